The van der Waals surface area contributed by atoms with E-state index in [1.807, 2.05) is 6.92 Å². The number of nitro groups is 1. The second-order valence-corrected chi connectivity index (χ2v) is 3.97. The van der Waals surface area contributed by atoms with E-state index >= 15 is 0 Å². The molecule has 0 saturated heterocycles. The van der Waals surface area contributed by atoms with Gasteiger partial charge < -0.3 is 15.2 Å². The Balaban J connectivity index is 2.84. The average molecular weight is 254 g/mol. The van der Waals surface area contributed by atoms with Gasteiger partial charge >= 0.3 is 5.69 Å². The van der Waals surface area contributed by atoms with Crippen molar-refractivity contribution in [2.45, 2.75) is 26.0 Å². The van der Waals surface area contributed by atoms with Gasteiger partial charge in [0.1, 0.15) is 0 Å². The number of methoxy groups -OCH3 is 1. The van der Waals surface area contributed by atoms with Gasteiger partial charge in [0.2, 0.25) is 0 Å². The van der Waals surface area contributed by atoms with Crippen LogP contribution in [0.1, 0.15) is 18.9 Å². The first-order valence-electron chi connectivity index (χ1n) is 5.71. The summed E-state index contributed by atoms with van der Waals surface area (Å²) in [5, 5.41) is 10.9. The number of nitro benzene ring substituents is 1. The fourth-order valence-electron chi connectivity index (χ4n) is 1.49. The van der Waals surface area contributed by atoms with Crippen molar-refractivity contribution < 1.29 is 14.4 Å². The normalized spacial score (nSPS) is 12.2. The van der Waals surface area contributed by atoms with E-state index in [4.69, 9.17) is 15.2 Å². The van der Waals surface area contributed by atoms with Crippen LogP contribution in [0.25, 0.3) is 0 Å². The maximum atomic E-state index is 10.9. The van der Waals surface area contributed by atoms with Crippen LogP contribution >= 0.6 is 0 Å². The van der Waals surface area contributed by atoms with Crippen molar-refractivity contribution in [3.05, 3.63) is 33.9 Å². The summed E-state index contributed by atoms with van der Waals surface area (Å²) in [5.41, 5.74) is 6.11. The van der Waals surface area contributed by atoms with Crippen molar-refractivity contribution in [3.8, 4) is 5.75 Å². The van der Waals surface area contributed by atoms with Crippen LogP contribution in [0.4, 0.5) is 5.69 Å². The fraction of sp³-hybridized carbons (Fsp3) is 0.500. The monoisotopic (exact) mass is 254 g/mol. The van der Waals surface area contributed by atoms with E-state index in [9.17, 15) is 10.1 Å². The largest absolute Gasteiger partial charge is 0.484 e. The van der Waals surface area contributed by atoms with Gasteiger partial charge in [-0.05, 0) is 18.6 Å². The predicted molar refractivity (Wildman–Crippen MR) is 67.6 cm³/mol. The molecule has 0 amide bonds. The SMILES string of the molecule is COCCC(C)Oc1ccc(CN)cc1[N+](=O)[O-]. The number of nitrogens with two attached hydrogens (primary N) is 1. The van der Waals surface area contributed by atoms with Gasteiger partial charge in [0.15, 0.2) is 5.75 Å². The highest BCUT2D eigenvalue weighted by Crippen LogP contribution is 2.29. The number of nitrogens with zero attached hydrogens (tertiary/aromatic N) is 1. The highest BCUT2D eigenvalue weighted by Gasteiger charge is 2.17. The topological polar surface area (TPSA) is 87.6 Å². The molecule has 0 bridgehead atoms. The first-order chi connectivity index (χ1) is 8.58. The molecule has 0 heterocycles. The Morgan fingerprint density at radius 1 is 1.50 bits per heavy atom. The molecule has 1 unspecified atom stereocenters. The van der Waals surface area contributed by atoms with Gasteiger partial charge in [-0.25, -0.2) is 0 Å². The molecule has 1 aromatic carbocycles. The second kappa shape index (κ2) is 6.93. The summed E-state index contributed by atoms with van der Waals surface area (Å²) in [6, 6.07) is 4.76. The summed E-state index contributed by atoms with van der Waals surface area (Å²) >= 11 is 0. The first-order valence-corrected chi connectivity index (χ1v) is 5.71. The Labute approximate surface area is 106 Å². The van der Waals surface area contributed by atoms with Crippen LogP contribution in [0.3, 0.4) is 0 Å². The molecule has 2 N–H and O–H groups in total. The molecule has 0 radical (unpaired) electrons. The van der Waals surface area contributed by atoms with Gasteiger partial charge in [-0.1, -0.05) is 6.07 Å². The van der Waals surface area contributed by atoms with E-state index in [2.05, 4.69) is 0 Å². The van der Waals surface area contributed by atoms with Gasteiger partial charge in [0.05, 0.1) is 11.0 Å². The Morgan fingerprint density at radius 3 is 2.78 bits per heavy atom. The van der Waals surface area contributed by atoms with Crippen molar-refractivity contribution in [1.82, 2.24) is 0 Å². The lowest BCUT2D eigenvalue weighted by Crippen LogP contribution is -2.15. The van der Waals surface area contributed by atoms with Gasteiger partial charge in [-0.3, -0.25) is 10.1 Å². The average Bonchev–Trinajstić information content (AvgIpc) is 2.36. The van der Waals surface area contributed by atoms with Crippen LogP contribution in [0.15, 0.2) is 18.2 Å². The summed E-state index contributed by atoms with van der Waals surface area (Å²) in [4.78, 5) is 10.5. The van der Waals surface area contributed by atoms with Gasteiger partial charge in [-0.15, -0.1) is 0 Å². The Bertz CT molecular complexity index is 409. The molecule has 1 rings (SSSR count). The summed E-state index contributed by atoms with van der Waals surface area (Å²) in [6.07, 6.45) is 0.527. The fourth-order valence-corrected chi connectivity index (χ4v) is 1.49. The zero-order valence-corrected chi connectivity index (χ0v) is 10.6. The zero-order valence-electron chi connectivity index (χ0n) is 10.6. The highest BCUT2D eigenvalue weighted by molar-refractivity contribution is 5.48. The lowest BCUT2D eigenvalue weighted by Gasteiger charge is -2.14. The van der Waals surface area contributed by atoms with E-state index in [-0.39, 0.29) is 24.1 Å². The molecule has 0 saturated carbocycles. The molecule has 6 nitrogen and oxygen atoms in total. The van der Waals surface area contributed by atoms with Crippen LogP contribution in [0.2, 0.25) is 0 Å². The van der Waals surface area contributed by atoms with E-state index in [0.717, 1.165) is 0 Å². The van der Waals surface area contributed by atoms with Crippen LogP contribution in [0.5, 0.6) is 5.75 Å². The molecule has 0 spiro atoms. The van der Waals surface area contributed by atoms with Crippen LogP contribution in [-0.2, 0) is 11.3 Å². The molecule has 0 aliphatic heterocycles. The smallest absolute Gasteiger partial charge is 0.311 e. The predicted octanol–water partition coefficient (Wildman–Crippen LogP) is 1.86. The lowest BCUT2D eigenvalue weighted by molar-refractivity contribution is -0.386. The quantitative estimate of drug-likeness (QED) is 0.592. The summed E-state index contributed by atoms with van der Waals surface area (Å²) in [5.74, 6) is 0.265. The van der Waals surface area contributed by atoms with Gasteiger partial charge in [-0.2, -0.15) is 0 Å². The van der Waals surface area contributed by atoms with Gasteiger partial charge in [0, 0.05) is 32.7 Å². The van der Waals surface area contributed by atoms with Crippen LogP contribution < -0.4 is 10.5 Å². The van der Waals surface area contributed by atoms with Crippen molar-refractivity contribution in [3.63, 3.8) is 0 Å². The molecule has 6 heteroatoms. The zero-order chi connectivity index (χ0) is 13.5. The Hall–Kier alpha value is -1.66. The third-order valence-corrected chi connectivity index (χ3v) is 2.51. The Morgan fingerprint density at radius 2 is 2.22 bits per heavy atom. The molecule has 0 fully saturated rings. The molecule has 100 valence electrons. The minimum atomic E-state index is -0.461. The molecular formula is C12H18N2O4. The standard InChI is InChI=1S/C12H18N2O4/c1-9(5-6-17-2)18-12-4-3-10(8-13)7-11(12)14(15)16/h3-4,7,9H,5-6,8,13H2,1-2H3. The van der Waals surface area contributed by atoms with Crippen molar-refractivity contribution >= 4 is 5.69 Å². The van der Waals surface area contributed by atoms with Crippen molar-refractivity contribution in [1.29, 1.82) is 0 Å². The molecule has 0 aliphatic rings. The number of benzene rings is 1. The summed E-state index contributed by atoms with van der Waals surface area (Å²) in [6.45, 7) is 2.66. The minimum absolute atomic E-state index is 0.0535. The van der Waals surface area contributed by atoms with Crippen molar-refractivity contribution in [2.24, 2.45) is 5.73 Å². The minimum Gasteiger partial charge on any atom is -0.484 e. The molecule has 1 atom stereocenters. The second-order valence-electron chi connectivity index (χ2n) is 3.97. The lowest BCUT2D eigenvalue weighted by atomic mass is 10.2. The highest BCUT2D eigenvalue weighted by atomic mass is 16.6. The molecular weight excluding hydrogens is 236 g/mol. The third kappa shape index (κ3) is 3.97. The maximum Gasteiger partial charge on any atom is 0.311 e. The number of ether oxygens (including phenoxy) is 2. The number of rotatable bonds is 7. The van der Waals surface area contributed by atoms with E-state index in [0.29, 0.717) is 18.6 Å². The Kier molecular flexibility index (Phi) is 5.54. The van der Waals surface area contributed by atoms with E-state index in [1.165, 1.54) is 6.07 Å². The summed E-state index contributed by atoms with van der Waals surface area (Å²) in [7, 11) is 1.60. The molecule has 18 heavy (non-hydrogen) atoms. The first kappa shape index (κ1) is 14.4. The van der Waals surface area contributed by atoms with Crippen LogP contribution in [0, 0.1) is 10.1 Å². The molecule has 1 aromatic rings. The third-order valence-electron chi connectivity index (χ3n) is 2.51. The van der Waals surface area contributed by atoms with E-state index in [1.54, 1.807) is 19.2 Å². The van der Waals surface area contributed by atoms with Crippen LogP contribution in [-0.4, -0.2) is 24.7 Å². The van der Waals surface area contributed by atoms with Crippen molar-refractivity contribution in [2.75, 3.05) is 13.7 Å². The maximum absolute atomic E-state index is 10.9. The number of hydrogen-bond donors (Lipinski definition) is 1. The molecule has 0 aliphatic carbocycles. The number of hydrogen-bond acceptors (Lipinski definition) is 5. The van der Waals surface area contributed by atoms with E-state index < -0.39 is 4.92 Å². The molecule has 0 aromatic heterocycles. The summed E-state index contributed by atoms with van der Waals surface area (Å²) < 4.78 is 10.5. The van der Waals surface area contributed by atoms with Gasteiger partial charge in [0.25, 0.3) is 0 Å².